The van der Waals surface area contributed by atoms with Crippen molar-refractivity contribution >= 4 is 10.9 Å². The smallest absolute Gasteiger partial charge is 0.118 e. The molecule has 1 fully saturated rings. The van der Waals surface area contributed by atoms with Crippen molar-refractivity contribution < 1.29 is 29.9 Å². The first-order chi connectivity index (χ1) is 14.0. The zero-order valence-corrected chi connectivity index (χ0v) is 16.0. The van der Waals surface area contributed by atoms with Gasteiger partial charge >= 0.3 is 0 Å². The minimum atomic E-state index is -1.40. The van der Waals surface area contributed by atoms with E-state index in [4.69, 9.17) is 9.47 Å². The predicted octanol–water partition coefficient (Wildman–Crippen LogP) is 1.21. The molecule has 2 heterocycles. The first-order valence-corrected chi connectivity index (χ1v) is 9.54. The van der Waals surface area contributed by atoms with Crippen molar-refractivity contribution in [2.45, 2.75) is 37.1 Å². The van der Waals surface area contributed by atoms with Gasteiger partial charge in [-0.3, -0.25) is 0 Å². The van der Waals surface area contributed by atoms with Crippen LogP contribution >= 0.6 is 0 Å². The minimum Gasteiger partial charge on any atom is -0.497 e. The average Bonchev–Trinajstić information content (AvgIpc) is 3.15. The van der Waals surface area contributed by atoms with Gasteiger partial charge in [0.05, 0.1) is 13.7 Å². The van der Waals surface area contributed by atoms with Gasteiger partial charge in [-0.1, -0.05) is 24.3 Å². The topological polar surface area (TPSA) is 104 Å². The lowest BCUT2D eigenvalue weighted by atomic mass is 9.91. The molecule has 154 valence electrons. The van der Waals surface area contributed by atoms with E-state index in [2.05, 4.69) is 4.57 Å². The number of benzene rings is 2. The maximum Gasteiger partial charge on any atom is 0.118 e. The number of aliphatic hydroxyl groups excluding tert-OH is 4. The van der Waals surface area contributed by atoms with Crippen LogP contribution in [0.2, 0.25) is 0 Å². The fraction of sp³-hybridized carbons (Fsp3) is 0.364. The SMILES string of the molecule is COc1ccc(Cn2ccc3ccc([C@@H]4O[C@H](CO)[C@@H](O)[C@H](O)[C@H]4O)cc32)cc1. The molecule has 7 heteroatoms. The van der Waals surface area contributed by atoms with Gasteiger partial charge in [-0.2, -0.15) is 0 Å². The lowest BCUT2D eigenvalue weighted by molar-refractivity contribution is -0.231. The Morgan fingerprint density at radius 2 is 1.72 bits per heavy atom. The van der Waals surface area contributed by atoms with E-state index in [9.17, 15) is 20.4 Å². The number of hydrogen-bond donors (Lipinski definition) is 4. The van der Waals surface area contributed by atoms with E-state index in [1.165, 1.54) is 0 Å². The molecule has 1 aliphatic rings. The molecule has 4 N–H and O–H groups in total. The summed E-state index contributed by atoms with van der Waals surface area (Å²) in [5.41, 5.74) is 2.74. The van der Waals surface area contributed by atoms with Crippen molar-refractivity contribution in [1.29, 1.82) is 0 Å². The van der Waals surface area contributed by atoms with Crippen LogP contribution < -0.4 is 4.74 Å². The summed E-state index contributed by atoms with van der Waals surface area (Å²) in [4.78, 5) is 0. The second-order valence-corrected chi connectivity index (χ2v) is 7.36. The lowest BCUT2D eigenvalue weighted by Crippen LogP contribution is -2.55. The molecule has 0 radical (unpaired) electrons. The molecule has 1 aromatic heterocycles. The van der Waals surface area contributed by atoms with E-state index in [0.29, 0.717) is 12.1 Å². The second kappa shape index (κ2) is 8.14. The van der Waals surface area contributed by atoms with E-state index in [1.54, 1.807) is 7.11 Å². The maximum atomic E-state index is 10.4. The molecule has 0 unspecified atom stereocenters. The Bertz CT molecular complexity index is 967. The largest absolute Gasteiger partial charge is 0.497 e. The Kier molecular flexibility index (Phi) is 5.58. The minimum absolute atomic E-state index is 0.447. The number of nitrogens with zero attached hydrogens (tertiary/aromatic N) is 1. The third-order valence-corrected chi connectivity index (χ3v) is 5.53. The van der Waals surface area contributed by atoms with Crippen LogP contribution in [0.5, 0.6) is 5.75 Å². The van der Waals surface area contributed by atoms with Gasteiger partial charge in [-0.05, 0) is 40.8 Å². The highest BCUT2D eigenvalue weighted by Crippen LogP contribution is 2.34. The highest BCUT2D eigenvalue weighted by atomic mass is 16.5. The highest BCUT2D eigenvalue weighted by Gasteiger charge is 2.43. The Morgan fingerprint density at radius 3 is 2.41 bits per heavy atom. The summed E-state index contributed by atoms with van der Waals surface area (Å²) >= 11 is 0. The molecule has 0 saturated carbocycles. The molecule has 5 atom stereocenters. The maximum absolute atomic E-state index is 10.4. The van der Waals surface area contributed by atoms with Crippen molar-refractivity contribution in [2.75, 3.05) is 13.7 Å². The van der Waals surface area contributed by atoms with Gasteiger partial charge in [-0.15, -0.1) is 0 Å². The number of methoxy groups -OCH3 is 1. The number of hydrogen-bond acceptors (Lipinski definition) is 6. The van der Waals surface area contributed by atoms with Crippen molar-refractivity contribution in [3.8, 4) is 5.75 Å². The fourth-order valence-electron chi connectivity index (χ4n) is 3.82. The fourth-order valence-corrected chi connectivity index (χ4v) is 3.82. The van der Waals surface area contributed by atoms with E-state index in [0.717, 1.165) is 22.2 Å². The van der Waals surface area contributed by atoms with E-state index in [-0.39, 0.29) is 0 Å². The molecular formula is C22H25NO6. The monoisotopic (exact) mass is 399 g/mol. The molecule has 0 spiro atoms. The molecule has 3 aromatic rings. The number of ether oxygens (including phenoxy) is 2. The van der Waals surface area contributed by atoms with E-state index in [1.807, 2.05) is 54.7 Å². The Morgan fingerprint density at radius 1 is 0.966 bits per heavy atom. The zero-order chi connectivity index (χ0) is 20.5. The third-order valence-electron chi connectivity index (χ3n) is 5.53. The van der Waals surface area contributed by atoms with Crippen LogP contribution in [0.25, 0.3) is 10.9 Å². The predicted molar refractivity (Wildman–Crippen MR) is 107 cm³/mol. The summed E-state index contributed by atoms with van der Waals surface area (Å²) in [5, 5.41) is 41.0. The summed E-state index contributed by atoms with van der Waals surface area (Å²) in [6.07, 6.45) is -3.84. The standard InChI is InChI=1S/C22H25NO6/c1-28-16-6-2-13(3-7-16)11-23-9-8-14-4-5-15(10-17(14)23)22-21(27)20(26)19(25)18(12-24)29-22/h2-10,18-22,24-27H,11-12H2,1H3/t18-,19-,20+,21-,22+/m1/s1. The highest BCUT2D eigenvalue weighted by molar-refractivity contribution is 5.81. The molecule has 0 amide bonds. The van der Waals surface area contributed by atoms with E-state index < -0.39 is 37.1 Å². The zero-order valence-electron chi connectivity index (χ0n) is 16.0. The molecule has 29 heavy (non-hydrogen) atoms. The number of aromatic nitrogens is 1. The first kappa shape index (κ1) is 19.9. The van der Waals surface area contributed by atoms with Crippen LogP contribution in [-0.4, -0.2) is 63.1 Å². The Balaban J connectivity index is 1.64. The van der Waals surface area contributed by atoms with Gasteiger partial charge in [0.2, 0.25) is 0 Å². The number of aliphatic hydroxyl groups is 4. The van der Waals surface area contributed by atoms with Crippen LogP contribution in [0, 0.1) is 0 Å². The van der Waals surface area contributed by atoms with Crippen molar-refractivity contribution in [2.24, 2.45) is 0 Å². The van der Waals surface area contributed by atoms with Crippen molar-refractivity contribution in [3.63, 3.8) is 0 Å². The Labute approximate surface area is 168 Å². The quantitative estimate of drug-likeness (QED) is 0.514. The van der Waals surface area contributed by atoms with E-state index >= 15 is 0 Å². The normalized spacial score (nSPS) is 27.3. The summed E-state index contributed by atoms with van der Waals surface area (Å²) < 4.78 is 13.0. The first-order valence-electron chi connectivity index (χ1n) is 9.54. The molecule has 4 rings (SSSR count). The van der Waals surface area contributed by atoms with Crippen molar-refractivity contribution in [1.82, 2.24) is 4.57 Å². The van der Waals surface area contributed by atoms with Gasteiger partial charge < -0.3 is 34.5 Å². The van der Waals surface area contributed by atoms with Crippen LogP contribution in [0.4, 0.5) is 0 Å². The van der Waals surface area contributed by atoms with Crippen LogP contribution in [0.15, 0.2) is 54.7 Å². The van der Waals surface area contributed by atoms with Gasteiger partial charge in [0.25, 0.3) is 0 Å². The van der Waals surface area contributed by atoms with Gasteiger partial charge in [0.15, 0.2) is 0 Å². The second-order valence-electron chi connectivity index (χ2n) is 7.36. The Hall–Kier alpha value is -2.42. The summed E-state index contributed by atoms with van der Waals surface area (Å²) in [7, 11) is 1.63. The average molecular weight is 399 g/mol. The van der Waals surface area contributed by atoms with Gasteiger partial charge in [0.1, 0.15) is 36.3 Å². The molecule has 0 aliphatic carbocycles. The van der Waals surface area contributed by atoms with Crippen LogP contribution in [-0.2, 0) is 11.3 Å². The molecule has 2 aromatic carbocycles. The summed E-state index contributed by atoms with van der Waals surface area (Å²) in [6.45, 7) is 0.211. The molecule has 1 saturated heterocycles. The lowest BCUT2D eigenvalue weighted by Gasteiger charge is -2.40. The molecule has 0 bridgehead atoms. The molecule has 1 aliphatic heterocycles. The summed E-state index contributed by atoms with van der Waals surface area (Å²) in [6, 6.07) is 15.5. The van der Waals surface area contributed by atoms with Crippen LogP contribution in [0.1, 0.15) is 17.2 Å². The third kappa shape index (κ3) is 3.75. The van der Waals surface area contributed by atoms with Crippen molar-refractivity contribution in [3.05, 3.63) is 65.9 Å². The molecule has 7 nitrogen and oxygen atoms in total. The van der Waals surface area contributed by atoms with Gasteiger partial charge in [0, 0.05) is 18.3 Å². The number of fused-ring (bicyclic) bond motifs is 1. The number of rotatable bonds is 5. The van der Waals surface area contributed by atoms with Crippen LogP contribution in [0.3, 0.4) is 0 Å². The summed E-state index contributed by atoms with van der Waals surface area (Å²) in [5.74, 6) is 0.802. The molecular weight excluding hydrogens is 374 g/mol. The van der Waals surface area contributed by atoms with Gasteiger partial charge in [-0.25, -0.2) is 0 Å².